The Kier molecular flexibility index (Phi) is 4.94. The van der Waals surface area contributed by atoms with E-state index in [0.29, 0.717) is 0 Å². The third kappa shape index (κ3) is 6.47. The van der Waals surface area contributed by atoms with Crippen molar-refractivity contribution in [3.05, 3.63) is 10.2 Å². The molecule has 0 saturated heterocycles. The highest BCUT2D eigenvalue weighted by atomic mass is 127. The highest BCUT2D eigenvalue weighted by Gasteiger charge is 1.83. The fraction of sp³-hybridized carbons (Fsp3) is 0.667. The molecule has 0 fully saturated rings. The average molecular weight is 210 g/mol. The van der Waals surface area contributed by atoms with Crippen LogP contribution in [0, 0.1) is 0 Å². The quantitative estimate of drug-likeness (QED) is 0.627. The predicted octanol–water partition coefficient (Wildman–Crippen LogP) is 3.13. The van der Waals surface area contributed by atoms with Crippen molar-refractivity contribution in [3.8, 4) is 0 Å². The topological polar surface area (TPSA) is 0 Å². The molecule has 0 bridgehead atoms. The van der Waals surface area contributed by atoms with Crippen LogP contribution in [0.3, 0.4) is 0 Å². The molecule has 1 heteroatoms. The SMILES string of the molecule is C=C(I)CCCC. The van der Waals surface area contributed by atoms with Crippen LogP contribution in [0.1, 0.15) is 26.2 Å². The Bertz CT molecular complexity index is 57.2. The van der Waals surface area contributed by atoms with Crippen LogP contribution in [-0.2, 0) is 0 Å². The second kappa shape index (κ2) is 4.62. The van der Waals surface area contributed by atoms with Gasteiger partial charge < -0.3 is 0 Å². The van der Waals surface area contributed by atoms with Gasteiger partial charge in [-0.25, -0.2) is 0 Å². The van der Waals surface area contributed by atoms with Crippen molar-refractivity contribution in [2.24, 2.45) is 0 Å². The number of allylic oxidation sites excluding steroid dienone is 1. The largest absolute Gasteiger partial charge is 0.0897 e. The van der Waals surface area contributed by atoms with E-state index < -0.39 is 0 Å². The van der Waals surface area contributed by atoms with Crippen LogP contribution >= 0.6 is 22.6 Å². The first-order valence-corrected chi connectivity index (χ1v) is 3.68. The minimum Gasteiger partial charge on any atom is -0.0897 e. The van der Waals surface area contributed by atoms with Gasteiger partial charge in [0, 0.05) is 0 Å². The Morgan fingerprint density at radius 2 is 2.29 bits per heavy atom. The van der Waals surface area contributed by atoms with Gasteiger partial charge in [0.25, 0.3) is 0 Å². The zero-order chi connectivity index (χ0) is 5.70. The summed E-state index contributed by atoms with van der Waals surface area (Å²) in [6, 6.07) is 0. The molecule has 0 aliphatic rings. The third-order valence-electron chi connectivity index (χ3n) is 0.802. The zero-order valence-corrected chi connectivity index (χ0v) is 6.86. The molecule has 0 amide bonds. The standard InChI is InChI=1S/C6H11I/c1-3-4-5-6(2)7/h2-5H2,1H3. The van der Waals surface area contributed by atoms with E-state index in [4.69, 9.17) is 0 Å². The van der Waals surface area contributed by atoms with Gasteiger partial charge in [0.05, 0.1) is 0 Å². The van der Waals surface area contributed by atoms with Crippen molar-refractivity contribution in [1.29, 1.82) is 0 Å². The van der Waals surface area contributed by atoms with Gasteiger partial charge in [-0.3, -0.25) is 0 Å². The molecule has 0 nitrogen and oxygen atoms in total. The highest BCUT2D eigenvalue weighted by Crippen LogP contribution is 2.10. The van der Waals surface area contributed by atoms with Crippen molar-refractivity contribution in [1.82, 2.24) is 0 Å². The zero-order valence-electron chi connectivity index (χ0n) is 4.71. The predicted molar refractivity (Wildman–Crippen MR) is 42.7 cm³/mol. The number of rotatable bonds is 3. The first kappa shape index (κ1) is 7.47. The molecule has 0 rings (SSSR count). The van der Waals surface area contributed by atoms with E-state index in [-0.39, 0.29) is 0 Å². The molecule has 0 aromatic rings. The fourth-order valence-electron chi connectivity index (χ4n) is 0.369. The monoisotopic (exact) mass is 210 g/mol. The molecule has 0 spiro atoms. The van der Waals surface area contributed by atoms with E-state index in [1.54, 1.807) is 0 Å². The van der Waals surface area contributed by atoms with Gasteiger partial charge in [-0.15, -0.1) is 0 Å². The molecule has 0 N–H and O–H groups in total. The molecule has 0 saturated carbocycles. The van der Waals surface area contributed by atoms with Gasteiger partial charge >= 0.3 is 0 Å². The van der Waals surface area contributed by atoms with Crippen molar-refractivity contribution in [3.63, 3.8) is 0 Å². The molecule has 7 heavy (non-hydrogen) atoms. The van der Waals surface area contributed by atoms with Crippen LogP contribution in [-0.4, -0.2) is 0 Å². The lowest BCUT2D eigenvalue weighted by Gasteiger charge is -1.90. The molecule has 0 unspecified atom stereocenters. The average Bonchev–Trinajstić information content (AvgIpc) is 1.61. The van der Waals surface area contributed by atoms with Crippen molar-refractivity contribution in [2.75, 3.05) is 0 Å². The maximum Gasteiger partial charge on any atom is -0.0166 e. The summed E-state index contributed by atoms with van der Waals surface area (Å²) in [6.07, 6.45) is 3.76. The summed E-state index contributed by atoms with van der Waals surface area (Å²) in [5.74, 6) is 0. The van der Waals surface area contributed by atoms with E-state index >= 15 is 0 Å². The summed E-state index contributed by atoms with van der Waals surface area (Å²) >= 11 is 2.27. The smallest absolute Gasteiger partial charge is 0.0166 e. The first-order chi connectivity index (χ1) is 3.27. The van der Waals surface area contributed by atoms with Gasteiger partial charge in [-0.05, 0) is 39.0 Å². The van der Waals surface area contributed by atoms with Crippen LogP contribution < -0.4 is 0 Å². The van der Waals surface area contributed by atoms with Crippen LogP contribution in [0.4, 0.5) is 0 Å². The Balaban J connectivity index is 2.82. The summed E-state index contributed by atoms with van der Waals surface area (Å²) < 4.78 is 1.28. The van der Waals surface area contributed by atoms with E-state index in [1.807, 2.05) is 0 Å². The molecule has 0 radical (unpaired) electrons. The Morgan fingerprint density at radius 1 is 1.71 bits per heavy atom. The second-order valence-corrected chi connectivity index (χ2v) is 3.15. The lowest BCUT2D eigenvalue weighted by atomic mass is 10.2. The number of hydrogen-bond acceptors (Lipinski definition) is 0. The number of unbranched alkanes of at least 4 members (excludes halogenated alkanes) is 1. The lowest BCUT2D eigenvalue weighted by molar-refractivity contribution is 0.813. The van der Waals surface area contributed by atoms with Crippen LogP contribution in [0.2, 0.25) is 0 Å². The van der Waals surface area contributed by atoms with Crippen molar-refractivity contribution >= 4 is 22.6 Å². The maximum absolute atomic E-state index is 3.78. The minimum absolute atomic E-state index is 1.19. The summed E-state index contributed by atoms with van der Waals surface area (Å²) in [5, 5.41) is 0. The highest BCUT2D eigenvalue weighted by molar-refractivity contribution is 14.1. The lowest BCUT2D eigenvalue weighted by Crippen LogP contribution is -1.68. The molecule has 0 atom stereocenters. The molecule has 0 heterocycles. The summed E-state index contributed by atoms with van der Waals surface area (Å²) in [7, 11) is 0. The van der Waals surface area contributed by atoms with E-state index in [0.717, 1.165) is 0 Å². The normalized spacial score (nSPS) is 8.86. The minimum atomic E-state index is 1.19. The summed E-state index contributed by atoms with van der Waals surface area (Å²) in [6.45, 7) is 5.97. The second-order valence-electron chi connectivity index (χ2n) is 1.62. The molecular weight excluding hydrogens is 199 g/mol. The van der Waals surface area contributed by atoms with Crippen molar-refractivity contribution in [2.45, 2.75) is 26.2 Å². The fourth-order valence-corrected chi connectivity index (χ4v) is 0.750. The Morgan fingerprint density at radius 3 is 2.43 bits per heavy atom. The molecular formula is C6H11I. The number of hydrogen-bond donors (Lipinski definition) is 0. The summed E-state index contributed by atoms with van der Waals surface area (Å²) in [5.41, 5.74) is 0. The molecule has 42 valence electrons. The van der Waals surface area contributed by atoms with Gasteiger partial charge in [0.1, 0.15) is 0 Å². The number of halogens is 1. The Hall–Kier alpha value is 0.470. The molecule has 0 aliphatic carbocycles. The van der Waals surface area contributed by atoms with Gasteiger partial charge in [-0.1, -0.05) is 19.9 Å². The molecule has 0 aliphatic heterocycles. The van der Waals surface area contributed by atoms with E-state index in [1.165, 1.54) is 22.8 Å². The van der Waals surface area contributed by atoms with Gasteiger partial charge in [-0.2, -0.15) is 0 Å². The van der Waals surface area contributed by atoms with E-state index in [2.05, 4.69) is 36.1 Å². The molecule has 0 aromatic heterocycles. The molecule has 0 aromatic carbocycles. The van der Waals surface area contributed by atoms with Crippen LogP contribution in [0.15, 0.2) is 10.2 Å². The third-order valence-corrected chi connectivity index (χ3v) is 1.34. The van der Waals surface area contributed by atoms with Crippen LogP contribution in [0.5, 0.6) is 0 Å². The Labute approximate surface area is 59.1 Å². The van der Waals surface area contributed by atoms with Crippen molar-refractivity contribution < 1.29 is 0 Å². The van der Waals surface area contributed by atoms with Crippen LogP contribution in [0.25, 0.3) is 0 Å². The first-order valence-electron chi connectivity index (χ1n) is 2.60. The van der Waals surface area contributed by atoms with Gasteiger partial charge in [0.15, 0.2) is 0 Å². The maximum atomic E-state index is 3.78. The van der Waals surface area contributed by atoms with Gasteiger partial charge in [0.2, 0.25) is 0 Å². The van der Waals surface area contributed by atoms with E-state index in [9.17, 15) is 0 Å². The summed E-state index contributed by atoms with van der Waals surface area (Å²) in [4.78, 5) is 0.